The van der Waals surface area contributed by atoms with E-state index in [1.807, 2.05) is 0 Å². The van der Waals surface area contributed by atoms with Crippen molar-refractivity contribution in [2.75, 3.05) is 25.5 Å². The minimum atomic E-state index is -1.74. The normalized spacial score (nSPS) is 30.2. The highest BCUT2D eigenvalue weighted by Gasteiger charge is 2.57. The first-order valence-corrected chi connectivity index (χ1v) is 15.5. The molecule has 0 aromatic rings. The molecule has 2 fully saturated rings. The molecule has 10 atom stereocenters. The molecular formula is C28H41NO17S. The maximum Gasteiger partial charge on any atom is 0.303 e. The minimum absolute atomic E-state index is 0.203. The molecule has 0 aromatic heterocycles. The summed E-state index contributed by atoms with van der Waals surface area (Å²) >= 11 is 1.13. The van der Waals surface area contributed by atoms with Gasteiger partial charge in [-0.05, 0) is 0 Å². The van der Waals surface area contributed by atoms with E-state index in [4.69, 9.17) is 53.1 Å². The Hall–Kier alpha value is -3.52. The summed E-state index contributed by atoms with van der Waals surface area (Å²) in [5.41, 5.74) is 4.67. The van der Waals surface area contributed by atoms with Crippen LogP contribution in [0.25, 0.3) is 0 Å². The lowest BCUT2D eigenvalue weighted by molar-refractivity contribution is -0.341. The summed E-state index contributed by atoms with van der Waals surface area (Å²) in [6, 6.07) is 0. The third-order valence-electron chi connectivity index (χ3n) is 6.29. The van der Waals surface area contributed by atoms with Gasteiger partial charge in [-0.2, -0.15) is 0 Å². The fourth-order valence-electron chi connectivity index (χ4n) is 4.79. The van der Waals surface area contributed by atoms with Crippen LogP contribution in [-0.4, -0.2) is 128 Å². The fourth-order valence-corrected chi connectivity index (χ4v) is 5.78. The predicted octanol–water partition coefficient (Wildman–Crippen LogP) is -0.702. The van der Waals surface area contributed by atoms with Crippen LogP contribution in [0.5, 0.6) is 0 Å². The summed E-state index contributed by atoms with van der Waals surface area (Å²) in [4.78, 5) is 84.7. The second kappa shape index (κ2) is 18.7. The van der Waals surface area contributed by atoms with Crippen LogP contribution in [0.3, 0.4) is 0 Å². The lowest BCUT2D eigenvalue weighted by Gasteiger charge is -2.48. The number of thioether (sulfide) groups is 1. The first-order valence-electron chi connectivity index (χ1n) is 14.4. The van der Waals surface area contributed by atoms with Gasteiger partial charge in [-0.3, -0.25) is 33.6 Å². The summed E-state index contributed by atoms with van der Waals surface area (Å²) in [5, 5.41) is 0. The smallest absolute Gasteiger partial charge is 0.303 e. The molecule has 19 heteroatoms. The SMILES string of the molecule is CC(=O)OC[C@H]1O[C@@H](O[C@H]2[C@H](OC(C)=O)[C@@H](OC(C)=O)[C@H](SCCN)O[C@@H]2COC(C)=O)[C@H](OC(C)=O)[C@@H](OC(C)=O)[C@H]1OC(C)=O. The van der Waals surface area contributed by atoms with Gasteiger partial charge in [0.05, 0.1) is 0 Å². The van der Waals surface area contributed by atoms with Gasteiger partial charge in [-0.25, -0.2) is 0 Å². The summed E-state index contributed by atoms with van der Waals surface area (Å²) in [6.45, 7) is 6.81. The number of ether oxygens (including phenoxy) is 10. The zero-order chi connectivity index (χ0) is 35.4. The Balaban J connectivity index is 2.71. The van der Waals surface area contributed by atoms with Gasteiger partial charge in [-0.15, -0.1) is 11.8 Å². The fraction of sp³-hybridized carbons (Fsp3) is 0.750. The first kappa shape index (κ1) is 39.7. The Kier molecular flexibility index (Phi) is 15.8. The van der Waals surface area contributed by atoms with Crippen LogP contribution in [0.4, 0.5) is 0 Å². The number of rotatable bonds is 14. The Bertz CT molecular complexity index is 1150. The molecule has 0 aromatic carbocycles. The van der Waals surface area contributed by atoms with Gasteiger partial charge in [0.25, 0.3) is 0 Å². The van der Waals surface area contributed by atoms with Crippen LogP contribution in [0, 0.1) is 0 Å². The van der Waals surface area contributed by atoms with E-state index in [0.29, 0.717) is 5.75 Å². The molecule has 266 valence electrons. The van der Waals surface area contributed by atoms with Crippen molar-refractivity contribution in [2.24, 2.45) is 5.73 Å². The van der Waals surface area contributed by atoms with Crippen molar-refractivity contribution < 1.29 is 80.9 Å². The molecule has 0 spiro atoms. The topological polar surface area (TPSA) is 238 Å². The van der Waals surface area contributed by atoms with Crippen molar-refractivity contribution >= 4 is 53.5 Å². The summed E-state index contributed by atoms with van der Waals surface area (Å²) in [6.07, 6.45) is -13.3. The van der Waals surface area contributed by atoms with Crippen molar-refractivity contribution in [1.82, 2.24) is 0 Å². The molecule has 47 heavy (non-hydrogen) atoms. The molecule has 0 bridgehead atoms. The van der Waals surface area contributed by atoms with Crippen LogP contribution in [0.2, 0.25) is 0 Å². The van der Waals surface area contributed by atoms with Crippen molar-refractivity contribution in [3.63, 3.8) is 0 Å². The number of esters is 7. The number of hydrogen-bond donors (Lipinski definition) is 1. The van der Waals surface area contributed by atoms with Crippen LogP contribution in [0.1, 0.15) is 48.5 Å². The zero-order valence-electron chi connectivity index (χ0n) is 27.0. The van der Waals surface area contributed by atoms with E-state index in [2.05, 4.69) is 0 Å². The molecule has 2 N–H and O–H groups in total. The van der Waals surface area contributed by atoms with E-state index < -0.39 is 116 Å². The highest BCUT2D eigenvalue weighted by molar-refractivity contribution is 7.99. The van der Waals surface area contributed by atoms with Gasteiger partial charge in [0.2, 0.25) is 0 Å². The molecule has 0 unspecified atom stereocenters. The van der Waals surface area contributed by atoms with Gasteiger partial charge in [0.15, 0.2) is 36.8 Å². The number of carbonyl (C=O) groups is 7. The summed E-state index contributed by atoms with van der Waals surface area (Å²) in [7, 11) is 0. The van der Waals surface area contributed by atoms with Crippen LogP contribution < -0.4 is 5.73 Å². The first-order chi connectivity index (χ1) is 22.0. The van der Waals surface area contributed by atoms with Crippen LogP contribution >= 0.6 is 11.8 Å². The van der Waals surface area contributed by atoms with E-state index in [1.54, 1.807) is 0 Å². The molecule has 0 saturated carbocycles. The van der Waals surface area contributed by atoms with E-state index in [-0.39, 0.29) is 6.54 Å². The number of hydrogen-bond acceptors (Lipinski definition) is 19. The van der Waals surface area contributed by atoms with Crippen molar-refractivity contribution in [3.05, 3.63) is 0 Å². The maximum atomic E-state index is 12.4. The van der Waals surface area contributed by atoms with Gasteiger partial charge < -0.3 is 53.1 Å². The van der Waals surface area contributed by atoms with Crippen LogP contribution in [0.15, 0.2) is 0 Å². The molecule has 0 aliphatic carbocycles. The molecule has 2 saturated heterocycles. The molecule has 2 heterocycles. The average molecular weight is 696 g/mol. The maximum absolute atomic E-state index is 12.4. The Labute approximate surface area is 274 Å². The summed E-state index contributed by atoms with van der Waals surface area (Å²) in [5.74, 6) is -5.31. The third kappa shape index (κ3) is 12.5. The van der Waals surface area contributed by atoms with E-state index in [9.17, 15) is 33.6 Å². The second-order valence-electron chi connectivity index (χ2n) is 10.3. The highest BCUT2D eigenvalue weighted by atomic mass is 32.2. The van der Waals surface area contributed by atoms with Crippen molar-refractivity contribution in [2.45, 2.75) is 109 Å². The van der Waals surface area contributed by atoms with Gasteiger partial charge in [0.1, 0.15) is 37.0 Å². The Morgan fingerprint density at radius 2 is 0.936 bits per heavy atom. The zero-order valence-corrected chi connectivity index (χ0v) is 27.8. The Morgan fingerprint density at radius 3 is 1.38 bits per heavy atom. The predicted molar refractivity (Wildman–Crippen MR) is 155 cm³/mol. The summed E-state index contributed by atoms with van der Waals surface area (Å²) < 4.78 is 56.2. The van der Waals surface area contributed by atoms with E-state index in [0.717, 1.165) is 60.2 Å². The minimum Gasteiger partial charge on any atom is -0.463 e. The second-order valence-corrected chi connectivity index (χ2v) is 11.5. The quantitative estimate of drug-likeness (QED) is 0.174. The van der Waals surface area contributed by atoms with Gasteiger partial charge >= 0.3 is 41.8 Å². The average Bonchev–Trinajstić information content (AvgIpc) is 2.94. The van der Waals surface area contributed by atoms with Crippen molar-refractivity contribution in [3.8, 4) is 0 Å². The standard InChI is InChI=1S/C28H41NO17S/c1-12(30)37-10-19-21(39-14(3)32)23(40-15(4)33)25(42-17(6)35)27(44-19)46-22-20(11-38-13(2)31)45-28(47-9-8-29)26(43-18(7)36)24(22)41-16(5)34/h19-28H,8-11,29H2,1-7H3/t19-,20-,21+,22-,23+,24+,25-,26-,27+,28+/m1/s1. The largest absolute Gasteiger partial charge is 0.463 e. The molecule has 2 aliphatic rings. The molecule has 0 amide bonds. The number of carbonyl (C=O) groups excluding carboxylic acids is 7. The monoisotopic (exact) mass is 695 g/mol. The van der Waals surface area contributed by atoms with Gasteiger partial charge in [-0.1, -0.05) is 0 Å². The third-order valence-corrected chi connectivity index (χ3v) is 7.46. The van der Waals surface area contributed by atoms with E-state index in [1.165, 1.54) is 0 Å². The lowest BCUT2D eigenvalue weighted by atomic mass is 9.96. The highest BCUT2D eigenvalue weighted by Crippen LogP contribution is 2.37. The lowest BCUT2D eigenvalue weighted by Crippen LogP contribution is -2.66. The van der Waals surface area contributed by atoms with E-state index >= 15 is 0 Å². The van der Waals surface area contributed by atoms with Crippen molar-refractivity contribution in [1.29, 1.82) is 0 Å². The molecular weight excluding hydrogens is 654 g/mol. The molecule has 0 radical (unpaired) electrons. The van der Waals surface area contributed by atoms with Crippen LogP contribution in [-0.2, 0) is 80.9 Å². The Morgan fingerprint density at radius 1 is 0.532 bits per heavy atom. The van der Waals surface area contributed by atoms with Gasteiger partial charge in [0, 0.05) is 60.8 Å². The number of nitrogens with two attached hydrogens (primary N) is 1. The molecule has 2 rings (SSSR count). The molecule has 2 aliphatic heterocycles. The molecule has 18 nitrogen and oxygen atoms in total.